The summed E-state index contributed by atoms with van der Waals surface area (Å²) in [6, 6.07) is 17.0. The number of hydrogen-bond donors (Lipinski definition) is 0. The zero-order valence-electron chi connectivity index (χ0n) is 12.9. The van der Waals surface area contributed by atoms with Gasteiger partial charge in [0, 0.05) is 10.5 Å². The van der Waals surface area contributed by atoms with Gasteiger partial charge in [-0.25, -0.2) is 9.69 Å². The van der Waals surface area contributed by atoms with Crippen LogP contribution in [0.4, 0.5) is 4.79 Å². The third kappa shape index (κ3) is 3.92. The van der Waals surface area contributed by atoms with Gasteiger partial charge in [0.25, 0.3) is 5.91 Å². The minimum atomic E-state index is -0.582. The molecule has 0 saturated carbocycles. The largest absolute Gasteiger partial charge is 0.447 e. The Labute approximate surface area is 148 Å². The highest BCUT2D eigenvalue weighted by Gasteiger charge is 2.36. The van der Waals surface area contributed by atoms with Crippen LogP contribution in [0, 0.1) is 0 Å². The van der Waals surface area contributed by atoms with Crippen LogP contribution in [0.1, 0.15) is 11.1 Å². The van der Waals surface area contributed by atoms with Gasteiger partial charge in [0.1, 0.15) is 6.61 Å². The quantitative estimate of drug-likeness (QED) is 0.745. The van der Waals surface area contributed by atoms with Crippen molar-refractivity contribution in [2.75, 3.05) is 6.61 Å². The van der Waals surface area contributed by atoms with Gasteiger partial charge in [0.2, 0.25) is 0 Å². The summed E-state index contributed by atoms with van der Waals surface area (Å²) in [6.45, 7) is 0.228. The van der Waals surface area contributed by atoms with E-state index >= 15 is 0 Å². The Hall–Kier alpha value is -2.40. The highest BCUT2D eigenvalue weighted by Crippen LogP contribution is 2.18. The predicted octanol–water partition coefficient (Wildman–Crippen LogP) is 4.05. The smallest absolute Gasteiger partial charge is 0.417 e. The molecule has 2 aromatic rings. The Bertz CT molecular complexity index is 756. The second-order valence-corrected chi connectivity index (χ2v) is 6.43. The lowest BCUT2D eigenvalue weighted by Gasteiger charge is -2.18. The fourth-order valence-electron chi connectivity index (χ4n) is 2.59. The summed E-state index contributed by atoms with van der Waals surface area (Å²) in [5, 5.41) is 0. The summed E-state index contributed by atoms with van der Waals surface area (Å²) in [6.07, 6.45) is 3.11. The standard InChI is InChI=1S/C19H16BrNO3/c20-16-9-6-14(7-10-16)8-11-18(22)21-17(13-24-19(21)23)12-15-4-2-1-3-5-15/h1-11,17H,12-13H2/b11-8+/t17-/m1/s1. The lowest BCUT2D eigenvalue weighted by molar-refractivity contribution is -0.124. The normalized spacial score (nSPS) is 17.3. The van der Waals surface area contributed by atoms with E-state index in [4.69, 9.17) is 4.74 Å². The van der Waals surface area contributed by atoms with Crippen molar-refractivity contribution in [1.82, 2.24) is 4.90 Å². The molecule has 1 aliphatic heterocycles. The fourth-order valence-corrected chi connectivity index (χ4v) is 2.85. The zero-order chi connectivity index (χ0) is 16.9. The molecule has 0 aromatic heterocycles. The van der Waals surface area contributed by atoms with E-state index in [1.165, 1.54) is 11.0 Å². The van der Waals surface area contributed by atoms with E-state index < -0.39 is 6.09 Å². The van der Waals surface area contributed by atoms with E-state index in [1.807, 2.05) is 54.6 Å². The van der Waals surface area contributed by atoms with Crippen molar-refractivity contribution in [2.45, 2.75) is 12.5 Å². The first kappa shape index (κ1) is 16.5. The molecule has 122 valence electrons. The first-order valence-electron chi connectivity index (χ1n) is 7.61. The minimum absolute atomic E-state index is 0.228. The number of carbonyl (C=O) groups excluding carboxylic acids is 2. The van der Waals surface area contributed by atoms with Gasteiger partial charge >= 0.3 is 6.09 Å². The summed E-state index contributed by atoms with van der Waals surface area (Å²) >= 11 is 3.37. The average molecular weight is 386 g/mol. The van der Waals surface area contributed by atoms with Crippen LogP contribution in [-0.2, 0) is 16.0 Å². The number of imide groups is 1. The second kappa shape index (κ2) is 7.45. The van der Waals surface area contributed by atoms with Crippen molar-refractivity contribution in [1.29, 1.82) is 0 Å². The molecule has 1 atom stereocenters. The molecule has 1 fully saturated rings. The van der Waals surface area contributed by atoms with Gasteiger partial charge in [0.15, 0.2) is 0 Å². The van der Waals surface area contributed by atoms with Crippen LogP contribution in [0.2, 0.25) is 0 Å². The number of halogens is 1. The van der Waals surface area contributed by atoms with Crippen LogP contribution in [0.15, 0.2) is 65.1 Å². The molecule has 5 heteroatoms. The second-order valence-electron chi connectivity index (χ2n) is 5.51. The Morgan fingerprint density at radius 3 is 2.58 bits per heavy atom. The van der Waals surface area contributed by atoms with E-state index in [2.05, 4.69) is 15.9 Å². The highest BCUT2D eigenvalue weighted by atomic mass is 79.9. The van der Waals surface area contributed by atoms with Gasteiger partial charge in [-0.15, -0.1) is 0 Å². The molecule has 0 N–H and O–H groups in total. The molecule has 0 bridgehead atoms. The van der Waals surface area contributed by atoms with Crippen molar-refractivity contribution >= 4 is 34.0 Å². The monoisotopic (exact) mass is 385 g/mol. The maximum Gasteiger partial charge on any atom is 0.417 e. The maximum atomic E-state index is 12.4. The van der Waals surface area contributed by atoms with Crippen molar-refractivity contribution in [3.05, 3.63) is 76.3 Å². The third-order valence-corrected chi connectivity index (χ3v) is 4.33. The van der Waals surface area contributed by atoms with Crippen molar-refractivity contribution in [3.8, 4) is 0 Å². The van der Waals surface area contributed by atoms with Gasteiger partial charge in [-0.1, -0.05) is 58.4 Å². The number of carbonyl (C=O) groups is 2. The molecule has 0 aliphatic carbocycles. The van der Waals surface area contributed by atoms with Crippen LogP contribution < -0.4 is 0 Å². The van der Waals surface area contributed by atoms with Crippen molar-refractivity contribution in [3.63, 3.8) is 0 Å². The maximum absolute atomic E-state index is 12.4. The molecule has 1 saturated heterocycles. The van der Waals surface area contributed by atoms with Crippen LogP contribution >= 0.6 is 15.9 Å². The molecule has 0 radical (unpaired) electrons. The van der Waals surface area contributed by atoms with E-state index in [1.54, 1.807) is 6.08 Å². The summed E-state index contributed by atoms with van der Waals surface area (Å²) in [7, 11) is 0. The summed E-state index contributed by atoms with van der Waals surface area (Å²) in [4.78, 5) is 25.5. The van der Waals surface area contributed by atoms with E-state index in [-0.39, 0.29) is 18.6 Å². The minimum Gasteiger partial charge on any atom is -0.447 e. The fraction of sp³-hybridized carbons (Fsp3) is 0.158. The molecule has 2 amide bonds. The number of hydrogen-bond acceptors (Lipinski definition) is 3. The number of rotatable bonds is 4. The Morgan fingerprint density at radius 1 is 1.17 bits per heavy atom. The lowest BCUT2D eigenvalue weighted by Crippen LogP contribution is -2.39. The van der Waals surface area contributed by atoms with Crippen LogP contribution in [-0.4, -0.2) is 29.5 Å². The van der Waals surface area contributed by atoms with Crippen molar-refractivity contribution in [2.24, 2.45) is 0 Å². The summed E-state index contributed by atoms with van der Waals surface area (Å²) in [5.74, 6) is -0.360. The van der Waals surface area contributed by atoms with Gasteiger partial charge in [0.05, 0.1) is 6.04 Å². The molecule has 2 aromatic carbocycles. The van der Waals surface area contributed by atoms with Crippen molar-refractivity contribution < 1.29 is 14.3 Å². The highest BCUT2D eigenvalue weighted by molar-refractivity contribution is 9.10. The van der Waals surface area contributed by atoms with E-state index in [0.29, 0.717) is 6.42 Å². The van der Waals surface area contributed by atoms with Gasteiger partial charge < -0.3 is 4.74 Å². The van der Waals surface area contributed by atoms with Crippen LogP contribution in [0.5, 0.6) is 0 Å². The predicted molar refractivity (Wildman–Crippen MR) is 95.3 cm³/mol. The van der Waals surface area contributed by atoms with Crippen LogP contribution in [0.25, 0.3) is 6.08 Å². The Morgan fingerprint density at radius 2 is 1.88 bits per heavy atom. The van der Waals surface area contributed by atoms with Gasteiger partial charge in [-0.3, -0.25) is 4.79 Å². The number of nitrogens with zero attached hydrogens (tertiary/aromatic N) is 1. The van der Waals surface area contributed by atoms with Gasteiger partial charge in [-0.2, -0.15) is 0 Å². The first-order valence-corrected chi connectivity index (χ1v) is 8.40. The molecular formula is C19H16BrNO3. The van der Waals surface area contributed by atoms with Gasteiger partial charge in [-0.05, 0) is 35.8 Å². The SMILES string of the molecule is O=C(/C=C/c1ccc(Br)cc1)N1C(=O)OC[C@H]1Cc1ccccc1. The molecule has 0 spiro atoms. The molecular weight excluding hydrogens is 370 g/mol. The van der Waals surface area contributed by atoms with E-state index in [9.17, 15) is 9.59 Å². The Kier molecular flexibility index (Phi) is 5.11. The Balaban J connectivity index is 1.71. The molecule has 1 aliphatic rings. The zero-order valence-corrected chi connectivity index (χ0v) is 14.5. The molecule has 3 rings (SSSR count). The number of cyclic esters (lactones) is 1. The average Bonchev–Trinajstić information content (AvgIpc) is 2.95. The molecule has 1 heterocycles. The topological polar surface area (TPSA) is 46.6 Å². The van der Waals surface area contributed by atoms with Crippen LogP contribution in [0.3, 0.4) is 0 Å². The summed E-state index contributed by atoms with van der Waals surface area (Å²) < 4.78 is 6.03. The molecule has 24 heavy (non-hydrogen) atoms. The third-order valence-electron chi connectivity index (χ3n) is 3.80. The first-order chi connectivity index (χ1) is 11.6. The summed E-state index contributed by atoms with van der Waals surface area (Å²) in [5.41, 5.74) is 1.95. The number of benzene rings is 2. The lowest BCUT2D eigenvalue weighted by atomic mass is 10.1. The molecule has 0 unspecified atom stereocenters. The number of ether oxygens (including phenoxy) is 1. The van der Waals surface area contributed by atoms with E-state index in [0.717, 1.165) is 15.6 Å². The molecule has 4 nitrogen and oxygen atoms in total. The number of amides is 2.